The predicted octanol–water partition coefficient (Wildman–Crippen LogP) is 3.64. The number of carboxylic acids is 1. The number of hydrogen-bond donors (Lipinski definition) is 3. The summed E-state index contributed by atoms with van der Waals surface area (Å²) in [5, 5.41) is 32.3. The van der Waals surface area contributed by atoms with Gasteiger partial charge in [0, 0.05) is 24.3 Å². The van der Waals surface area contributed by atoms with Crippen LogP contribution in [-0.2, 0) is 0 Å². The van der Waals surface area contributed by atoms with Gasteiger partial charge in [0.1, 0.15) is 6.07 Å². The van der Waals surface area contributed by atoms with E-state index < -0.39 is 5.97 Å². The molecular formula is C24H25N5O3. The lowest BCUT2D eigenvalue weighted by atomic mass is 10.0. The molecule has 4 rings (SSSR count). The van der Waals surface area contributed by atoms with Gasteiger partial charge >= 0.3 is 5.97 Å². The summed E-state index contributed by atoms with van der Waals surface area (Å²) < 4.78 is 0. The predicted molar refractivity (Wildman–Crippen MR) is 122 cm³/mol. The first-order chi connectivity index (χ1) is 15.4. The van der Waals surface area contributed by atoms with Crippen LogP contribution in [0.5, 0.6) is 0 Å². The summed E-state index contributed by atoms with van der Waals surface area (Å²) in [5.74, 6) is -0.474. The van der Waals surface area contributed by atoms with E-state index >= 15 is 0 Å². The maximum absolute atomic E-state index is 11.6. The van der Waals surface area contributed by atoms with Gasteiger partial charge in [0.2, 0.25) is 0 Å². The Hall–Kier alpha value is -3.70. The highest BCUT2D eigenvalue weighted by atomic mass is 16.4. The van der Waals surface area contributed by atoms with E-state index in [4.69, 9.17) is 4.98 Å². The quantitative estimate of drug-likeness (QED) is 0.560. The number of nitriles is 1. The number of anilines is 2. The molecule has 1 atom stereocenters. The summed E-state index contributed by atoms with van der Waals surface area (Å²) in [6.45, 7) is 5.12. The van der Waals surface area contributed by atoms with E-state index in [-0.39, 0.29) is 23.4 Å². The Bertz CT molecular complexity index is 1210. The molecule has 2 heterocycles. The number of carbonyl (C=O) groups is 1. The van der Waals surface area contributed by atoms with Gasteiger partial charge in [-0.2, -0.15) is 5.26 Å². The normalized spacial score (nSPS) is 15.4. The number of carboxylic acid groups (broad SMARTS) is 1. The number of benzene rings is 2. The second kappa shape index (κ2) is 8.81. The van der Waals surface area contributed by atoms with Crippen LogP contribution in [0.25, 0.3) is 11.0 Å². The monoisotopic (exact) mass is 431 g/mol. The average molecular weight is 431 g/mol. The molecular weight excluding hydrogens is 406 g/mol. The van der Waals surface area contributed by atoms with Gasteiger partial charge < -0.3 is 20.4 Å². The van der Waals surface area contributed by atoms with Gasteiger partial charge in [-0.15, -0.1) is 0 Å². The fourth-order valence-corrected chi connectivity index (χ4v) is 4.13. The molecule has 0 radical (unpaired) electrons. The summed E-state index contributed by atoms with van der Waals surface area (Å²) in [6, 6.07) is 12.6. The summed E-state index contributed by atoms with van der Waals surface area (Å²) >= 11 is 0. The molecule has 164 valence electrons. The van der Waals surface area contributed by atoms with Crippen molar-refractivity contribution >= 4 is 28.5 Å². The Morgan fingerprint density at radius 3 is 2.66 bits per heavy atom. The third kappa shape index (κ3) is 4.20. The lowest BCUT2D eigenvalue weighted by molar-refractivity contribution is 0.0698. The molecule has 1 fully saturated rings. The fraction of sp³-hybridized carbons (Fsp3) is 0.333. The SMILES string of the molecule is Cc1cc([C@@H](C)Nc2ccccc2C(=O)O)c2nc(N3CCC(O)CC3)c(C#N)nc2c1. The van der Waals surface area contributed by atoms with E-state index in [0.29, 0.717) is 48.5 Å². The van der Waals surface area contributed by atoms with Gasteiger partial charge in [0.15, 0.2) is 11.5 Å². The number of para-hydroxylation sites is 1. The third-order valence-corrected chi connectivity index (χ3v) is 5.79. The molecule has 2 aromatic carbocycles. The maximum atomic E-state index is 11.6. The molecule has 32 heavy (non-hydrogen) atoms. The number of piperidine rings is 1. The van der Waals surface area contributed by atoms with E-state index in [2.05, 4.69) is 16.4 Å². The topological polar surface area (TPSA) is 122 Å². The third-order valence-electron chi connectivity index (χ3n) is 5.79. The van der Waals surface area contributed by atoms with Crippen LogP contribution < -0.4 is 10.2 Å². The maximum Gasteiger partial charge on any atom is 0.337 e. The molecule has 0 spiro atoms. The fourth-order valence-electron chi connectivity index (χ4n) is 4.13. The molecule has 3 aromatic rings. The van der Waals surface area contributed by atoms with Crippen LogP contribution in [-0.4, -0.2) is 45.3 Å². The van der Waals surface area contributed by atoms with Gasteiger partial charge in [-0.1, -0.05) is 18.2 Å². The van der Waals surface area contributed by atoms with Crippen molar-refractivity contribution in [3.05, 3.63) is 58.8 Å². The van der Waals surface area contributed by atoms with E-state index in [1.165, 1.54) is 0 Å². The van der Waals surface area contributed by atoms with Gasteiger partial charge in [-0.25, -0.2) is 14.8 Å². The van der Waals surface area contributed by atoms with Crippen LogP contribution in [0.15, 0.2) is 36.4 Å². The van der Waals surface area contributed by atoms with Crippen LogP contribution in [0, 0.1) is 18.3 Å². The van der Waals surface area contributed by atoms with Crippen LogP contribution >= 0.6 is 0 Å². The first-order valence-corrected chi connectivity index (χ1v) is 10.6. The Labute approximate surface area is 186 Å². The van der Waals surface area contributed by atoms with Gasteiger partial charge in [0.25, 0.3) is 0 Å². The van der Waals surface area contributed by atoms with Crippen molar-refractivity contribution in [1.29, 1.82) is 5.26 Å². The zero-order chi connectivity index (χ0) is 22.8. The molecule has 0 aliphatic carbocycles. The number of fused-ring (bicyclic) bond motifs is 1. The second-order valence-electron chi connectivity index (χ2n) is 8.16. The van der Waals surface area contributed by atoms with Crippen molar-refractivity contribution in [3.8, 4) is 6.07 Å². The van der Waals surface area contributed by atoms with Crippen molar-refractivity contribution in [1.82, 2.24) is 9.97 Å². The summed E-state index contributed by atoms with van der Waals surface area (Å²) in [4.78, 5) is 23.1. The first-order valence-electron chi connectivity index (χ1n) is 10.6. The Morgan fingerprint density at radius 1 is 1.25 bits per heavy atom. The van der Waals surface area contributed by atoms with E-state index in [1.54, 1.807) is 24.3 Å². The highest BCUT2D eigenvalue weighted by Gasteiger charge is 2.24. The summed E-state index contributed by atoms with van der Waals surface area (Å²) in [5.41, 5.74) is 4.12. The van der Waals surface area contributed by atoms with Crippen LogP contribution in [0.3, 0.4) is 0 Å². The lowest BCUT2D eigenvalue weighted by Crippen LogP contribution is -2.37. The van der Waals surface area contributed by atoms with Gasteiger partial charge in [-0.3, -0.25) is 0 Å². The Kier molecular flexibility index (Phi) is 5.93. The highest BCUT2D eigenvalue weighted by Crippen LogP contribution is 2.31. The van der Waals surface area contributed by atoms with Crippen molar-refractivity contribution in [2.45, 2.75) is 38.8 Å². The average Bonchev–Trinajstić information content (AvgIpc) is 2.78. The standard InChI is InChI=1S/C24H25N5O3/c1-14-11-18(15(2)26-19-6-4-3-5-17(19)24(31)32)22-20(12-14)27-21(13-25)23(28-22)29-9-7-16(30)8-10-29/h3-6,11-12,15-16,26,30H,7-10H2,1-2H3,(H,31,32)/t15-/m1/s1. The summed E-state index contributed by atoms with van der Waals surface area (Å²) in [6.07, 6.45) is 0.909. The molecule has 0 bridgehead atoms. The minimum atomic E-state index is -0.998. The molecule has 8 heteroatoms. The van der Waals surface area contributed by atoms with E-state index in [0.717, 1.165) is 11.1 Å². The molecule has 1 aliphatic rings. The van der Waals surface area contributed by atoms with E-state index in [1.807, 2.05) is 30.9 Å². The van der Waals surface area contributed by atoms with Crippen LogP contribution in [0.4, 0.5) is 11.5 Å². The largest absolute Gasteiger partial charge is 0.478 e. The smallest absolute Gasteiger partial charge is 0.337 e. The zero-order valence-corrected chi connectivity index (χ0v) is 18.0. The molecule has 3 N–H and O–H groups in total. The molecule has 1 saturated heterocycles. The molecule has 8 nitrogen and oxygen atoms in total. The zero-order valence-electron chi connectivity index (χ0n) is 18.0. The van der Waals surface area contributed by atoms with Crippen molar-refractivity contribution in [3.63, 3.8) is 0 Å². The van der Waals surface area contributed by atoms with Crippen molar-refractivity contribution in [2.24, 2.45) is 0 Å². The van der Waals surface area contributed by atoms with Gasteiger partial charge in [0.05, 0.1) is 28.7 Å². The molecule has 1 aliphatic heterocycles. The van der Waals surface area contributed by atoms with Crippen LogP contribution in [0.2, 0.25) is 0 Å². The Balaban J connectivity index is 1.78. The van der Waals surface area contributed by atoms with Crippen LogP contribution in [0.1, 0.15) is 53.0 Å². The molecule has 0 amide bonds. The first kappa shape index (κ1) is 21.5. The number of nitrogens with zero attached hydrogens (tertiary/aromatic N) is 4. The molecule has 0 unspecified atom stereocenters. The molecule has 0 saturated carbocycles. The van der Waals surface area contributed by atoms with Crippen molar-refractivity contribution in [2.75, 3.05) is 23.3 Å². The second-order valence-corrected chi connectivity index (χ2v) is 8.16. The number of aliphatic hydroxyl groups excluding tert-OH is 1. The number of aliphatic hydroxyl groups is 1. The Morgan fingerprint density at radius 2 is 1.97 bits per heavy atom. The number of aromatic nitrogens is 2. The van der Waals surface area contributed by atoms with Gasteiger partial charge in [-0.05, 0) is 50.5 Å². The number of aromatic carboxylic acids is 1. The number of aryl methyl sites for hydroxylation is 1. The minimum absolute atomic E-state index is 0.196. The highest BCUT2D eigenvalue weighted by molar-refractivity contribution is 5.94. The number of rotatable bonds is 5. The number of hydrogen-bond acceptors (Lipinski definition) is 7. The molecule has 1 aromatic heterocycles. The lowest BCUT2D eigenvalue weighted by Gasteiger charge is -2.31. The van der Waals surface area contributed by atoms with Crippen molar-refractivity contribution < 1.29 is 15.0 Å². The number of nitrogens with one attached hydrogen (secondary N) is 1. The minimum Gasteiger partial charge on any atom is -0.478 e. The summed E-state index contributed by atoms with van der Waals surface area (Å²) in [7, 11) is 0. The van der Waals surface area contributed by atoms with E-state index in [9.17, 15) is 20.3 Å².